The van der Waals surface area contributed by atoms with Crippen LogP contribution < -0.4 is 21.3 Å². The Morgan fingerprint density at radius 2 is 1.84 bits per heavy atom. The first-order chi connectivity index (χ1) is 15.3. The summed E-state index contributed by atoms with van der Waals surface area (Å²) in [7, 11) is 0. The van der Waals surface area contributed by atoms with Crippen LogP contribution in [0.2, 0.25) is 0 Å². The molecule has 1 heterocycles. The number of carbonyl (C=O) groups excluding carboxylic acids is 2. The first kappa shape index (κ1) is 23.3. The van der Waals surface area contributed by atoms with Crippen LogP contribution in [0.1, 0.15) is 51.5 Å². The summed E-state index contributed by atoms with van der Waals surface area (Å²) in [6, 6.07) is 14.2. The van der Waals surface area contributed by atoms with Gasteiger partial charge in [0.15, 0.2) is 0 Å². The highest BCUT2D eigenvalue weighted by Gasteiger charge is 2.21. The Morgan fingerprint density at radius 1 is 1.09 bits per heavy atom. The standard InChI is InChI=1S/C25H33N5O2/c1-17(2)15-22(28-20-8-6-7-18(16-20)24(26)27)25(32)29-19-10-12-21(13-11-19)30-14-5-3-4-9-23(30)31/h6-8,10-13,16-17,22,28H,3-5,9,14-15H2,1-2H3,(H3,26,27)(H,29,32)/t22-/m1/s1. The third kappa shape index (κ3) is 6.33. The van der Waals surface area contributed by atoms with Crippen LogP contribution in [0.15, 0.2) is 48.5 Å². The summed E-state index contributed by atoms with van der Waals surface area (Å²) in [5, 5.41) is 13.9. The number of hydrogen-bond donors (Lipinski definition) is 4. The summed E-state index contributed by atoms with van der Waals surface area (Å²) in [6.45, 7) is 4.88. The molecule has 1 aliphatic rings. The Balaban J connectivity index is 1.69. The largest absolute Gasteiger partial charge is 0.384 e. The molecule has 7 nitrogen and oxygen atoms in total. The fraction of sp³-hybridized carbons (Fsp3) is 0.400. The molecule has 0 spiro atoms. The van der Waals surface area contributed by atoms with Crippen LogP contribution in [0.5, 0.6) is 0 Å². The number of benzene rings is 2. The van der Waals surface area contributed by atoms with E-state index in [1.54, 1.807) is 12.1 Å². The zero-order chi connectivity index (χ0) is 23.1. The second-order valence-corrected chi connectivity index (χ2v) is 8.71. The van der Waals surface area contributed by atoms with Gasteiger partial charge >= 0.3 is 0 Å². The van der Waals surface area contributed by atoms with Crippen molar-refractivity contribution < 1.29 is 9.59 Å². The zero-order valence-corrected chi connectivity index (χ0v) is 18.9. The fourth-order valence-corrected chi connectivity index (χ4v) is 3.89. The van der Waals surface area contributed by atoms with Gasteiger partial charge in [-0.15, -0.1) is 0 Å². The number of nitrogens with zero attached hydrogens (tertiary/aromatic N) is 1. The summed E-state index contributed by atoms with van der Waals surface area (Å²) in [5.74, 6) is 0.325. The number of rotatable bonds is 8. The molecule has 5 N–H and O–H groups in total. The minimum Gasteiger partial charge on any atom is -0.384 e. The van der Waals surface area contributed by atoms with Gasteiger partial charge in [0.1, 0.15) is 11.9 Å². The molecule has 170 valence electrons. The van der Waals surface area contributed by atoms with E-state index in [9.17, 15) is 9.59 Å². The molecule has 1 aliphatic heterocycles. The molecule has 0 radical (unpaired) electrons. The molecule has 2 aromatic carbocycles. The molecule has 3 rings (SSSR count). The molecule has 32 heavy (non-hydrogen) atoms. The van der Waals surface area contributed by atoms with Gasteiger partial charge in [-0.2, -0.15) is 0 Å². The quantitative estimate of drug-likeness (QED) is 0.365. The van der Waals surface area contributed by atoms with Crippen LogP contribution >= 0.6 is 0 Å². The van der Waals surface area contributed by atoms with Gasteiger partial charge in [-0.1, -0.05) is 32.4 Å². The second kappa shape index (κ2) is 10.8. The number of nitrogen functional groups attached to an aromatic ring is 1. The lowest BCUT2D eigenvalue weighted by Gasteiger charge is -2.23. The monoisotopic (exact) mass is 435 g/mol. The van der Waals surface area contributed by atoms with Gasteiger partial charge in [-0.25, -0.2) is 0 Å². The fourth-order valence-electron chi connectivity index (χ4n) is 3.89. The van der Waals surface area contributed by atoms with Crippen molar-refractivity contribution in [3.63, 3.8) is 0 Å². The predicted octanol–water partition coefficient (Wildman–Crippen LogP) is 4.34. The van der Waals surface area contributed by atoms with Crippen LogP contribution in [0, 0.1) is 11.3 Å². The van der Waals surface area contributed by atoms with Crippen LogP contribution in [0.25, 0.3) is 0 Å². The van der Waals surface area contributed by atoms with Crippen LogP contribution in [0.3, 0.4) is 0 Å². The highest BCUT2D eigenvalue weighted by Crippen LogP contribution is 2.23. The Kier molecular flexibility index (Phi) is 7.87. The van der Waals surface area contributed by atoms with Crippen molar-refractivity contribution in [2.24, 2.45) is 11.7 Å². The maximum Gasteiger partial charge on any atom is 0.246 e. The topological polar surface area (TPSA) is 111 Å². The smallest absolute Gasteiger partial charge is 0.246 e. The molecule has 0 bridgehead atoms. The molecule has 2 aromatic rings. The van der Waals surface area contributed by atoms with E-state index in [-0.39, 0.29) is 17.6 Å². The highest BCUT2D eigenvalue weighted by atomic mass is 16.2. The number of anilines is 3. The van der Waals surface area contributed by atoms with Crippen molar-refractivity contribution in [1.29, 1.82) is 5.41 Å². The van der Waals surface area contributed by atoms with Crippen molar-refractivity contribution in [3.05, 3.63) is 54.1 Å². The number of hydrogen-bond acceptors (Lipinski definition) is 4. The van der Waals surface area contributed by atoms with Crippen LogP contribution in [-0.4, -0.2) is 30.2 Å². The molecule has 1 fully saturated rings. The molecule has 7 heteroatoms. The number of amides is 2. The highest BCUT2D eigenvalue weighted by molar-refractivity contribution is 5.98. The van der Waals surface area contributed by atoms with Gasteiger partial charge in [-0.05, 0) is 61.6 Å². The lowest BCUT2D eigenvalue weighted by molar-refractivity contribution is -0.118. The molecule has 2 amide bonds. The third-order valence-corrected chi connectivity index (χ3v) is 5.56. The van der Waals surface area contributed by atoms with Gasteiger partial charge in [0.2, 0.25) is 11.8 Å². The van der Waals surface area contributed by atoms with Crippen molar-refractivity contribution in [2.75, 3.05) is 22.1 Å². The first-order valence-corrected chi connectivity index (χ1v) is 11.3. The van der Waals surface area contributed by atoms with Gasteiger partial charge in [0.05, 0.1) is 0 Å². The van der Waals surface area contributed by atoms with Crippen LogP contribution in [-0.2, 0) is 9.59 Å². The Morgan fingerprint density at radius 3 is 2.53 bits per heavy atom. The molecule has 0 saturated carbocycles. The molecule has 1 atom stereocenters. The predicted molar refractivity (Wildman–Crippen MR) is 130 cm³/mol. The summed E-state index contributed by atoms with van der Waals surface area (Å²) in [6.07, 6.45) is 4.28. The second-order valence-electron chi connectivity index (χ2n) is 8.71. The molecular weight excluding hydrogens is 402 g/mol. The molecular formula is C25H33N5O2. The Hall–Kier alpha value is -3.35. The van der Waals surface area contributed by atoms with Gasteiger partial charge < -0.3 is 21.3 Å². The zero-order valence-electron chi connectivity index (χ0n) is 18.9. The Labute approximate surface area is 189 Å². The number of amidine groups is 1. The third-order valence-electron chi connectivity index (χ3n) is 5.56. The van der Waals surface area contributed by atoms with E-state index in [1.807, 2.05) is 41.3 Å². The number of nitrogens with one attached hydrogen (secondary N) is 3. The molecule has 1 saturated heterocycles. The van der Waals surface area contributed by atoms with Gasteiger partial charge in [0, 0.05) is 35.6 Å². The lowest BCUT2D eigenvalue weighted by Crippen LogP contribution is -2.36. The maximum atomic E-state index is 13.1. The summed E-state index contributed by atoms with van der Waals surface area (Å²) in [5.41, 5.74) is 8.50. The number of nitrogens with two attached hydrogens (primary N) is 1. The first-order valence-electron chi connectivity index (χ1n) is 11.3. The van der Waals surface area contributed by atoms with E-state index in [0.29, 0.717) is 30.0 Å². The average molecular weight is 436 g/mol. The molecule has 0 aromatic heterocycles. The Bertz CT molecular complexity index is 955. The average Bonchev–Trinajstić information content (AvgIpc) is 2.98. The van der Waals surface area contributed by atoms with Crippen molar-refractivity contribution in [1.82, 2.24) is 0 Å². The minimum atomic E-state index is -0.441. The molecule has 0 unspecified atom stereocenters. The van der Waals surface area contributed by atoms with Crippen molar-refractivity contribution >= 4 is 34.7 Å². The van der Waals surface area contributed by atoms with E-state index in [4.69, 9.17) is 11.1 Å². The van der Waals surface area contributed by atoms with E-state index in [0.717, 1.165) is 37.2 Å². The van der Waals surface area contributed by atoms with E-state index < -0.39 is 6.04 Å². The summed E-state index contributed by atoms with van der Waals surface area (Å²) >= 11 is 0. The lowest BCUT2D eigenvalue weighted by atomic mass is 10.0. The normalized spacial score (nSPS) is 15.2. The van der Waals surface area contributed by atoms with E-state index in [2.05, 4.69) is 24.5 Å². The van der Waals surface area contributed by atoms with Gasteiger partial charge in [-0.3, -0.25) is 15.0 Å². The summed E-state index contributed by atoms with van der Waals surface area (Å²) in [4.78, 5) is 27.2. The van der Waals surface area contributed by atoms with Crippen molar-refractivity contribution in [2.45, 2.75) is 52.0 Å². The van der Waals surface area contributed by atoms with E-state index in [1.165, 1.54) is 0 Å². The SMILES string of the molecule is CC(C)C[C@@H](Nc1cccc(C(=N)N)c1)C(=O)Nc1ccc(N2CCCCCC2=O)cc1. The number of carbonyl (C=O) groups is 2. The molecule has 0 aliphatic carbocycles. The van der Waals surface area contributed by atoms with Crippen LogP contribution in [0.4, 0.5) is 17.1 Å². The maximum absolute atomic E-state index is 13.1. The minimum absolute atomic E-state index is 0.0125. The van der Waals surface area contributed by atoms with Crippen molar-refractivity contribution in [3.8, 4) is 0 Å². The van der Waals surface area contributed by atoms with E-state index >= 15 is 0 Å². The van der Waals surface area contributed by atoms with Gasteiger partial charge in [0.25, 0.3) is 0 Å². The summed E-state index contributed by atoms with van der Waals surface area (Å²) < 4.78 is 0.